The molecule has 0 bridgehead atoms. The highest BCUT2D eigenvalue weighted by Gasteiger charge is 2.21. The minimum absolute atomic E-state index is 0.285. The van der Waals surface area contributed by atoms with E-state index in [1.165, 1.54) is 0 Å². The maximum atomic E-state index is 11.9. The first kappa shape index (κ1) is 14.5. The molecule has 0 radical (unpaired) electrons. The fourth-order valence-corrected chi connectivity index (χ4v) is 2.12. The predicted molar refractivity (Wildman–Crippen MR) is 69.0 cm³/mol. The van der Waals surface area contributed by atoms with E-state index in [0.29, 0.717) is 19.1 Å². The Morgan fingerprint density at radius 1 is 1.24 bits per heavy atom. The molecule has 1 rings (SSSR count). The molecule has 0 unspecified atom stereocenters. The lowest BCUT2D eigenvalue weighted by Crippen LogP contribution is -2.50. The van der Waals surface area contributed by atoms with Crippen molar-refractivity contribution < 1.29 is 9.53 Å². The van der Waals surface area contributed by atoms with Gasteiger partial charge in [-0.2, -0.15) is 0 Å². The van der Waals surface area contributed by atoms with Crippen LogP contribution in [0, 0.1) is 0 Å². The number of carbonyl (C=O) groups is 1. The zero-order valence-electron chi connectivity index (χ0n) is 11.4. The maximum Gasteiger partial charge on any atom is 0.222 e. The molecule has 0 spiro atoms. The molecule has 0 saturated carbocycles. The van der Waals surface area contributed by atoms with Crippen LogP contribution in [0.25, 0.3) is 0 Å². The average Bonchev–Trinajstić information content (AvgIpc) is 2.34. The smallest absolute Gasteiger partial charge is 0.222 e. The first-order valence-corrected chi connectivity index (χ1v) is 6.74. The maximum absolute atomic E-state index is 11.9. The van der Waals surface area contributed by atoms with Gasteiger partial charge in [-0.05, 0) is 27.2 Å². The first-order chi connectivity index (χ1) is 8.15. The molecule has 0 aromatic heterocycles. The van der Waals surface area contributed by atoms with Gasteiger partial charge < -0.3 is 9.64 Å². The standard InChI is InChI=1S/C13H26N2O2/c1-4-17-11-5-6-13(16)15-9-7-14(8-10-15)12(2)3/h12H,4-11H2,1-3H3. The summed E-state index contributed by atoms with van der Waals surface area (Å²) in [6.07, 6.45) is 1.47. The molecule has 0 aromatic carbocycles. The third-order valence-electron chi connectivity index (χ3n) is 3.28. The molecule has 1 saturated heterocycles. The van der Waals surface area contributed by atoms with E-state index < -0.39 is 0 Å². The lowest BCUT2D eigenvalue weighted by Gasteiger charge is -2.37. The minimum Gasteiger partial charge on any atom is -0.382 e. The number of nitrogens with zero attached hydrogens (tertiary/aromatic N) is 2. The van der Waals surface area contributed by atoms with Gasteiger partial charge in [0.15, 0.2) is 0 Å². The summed E-state index contributed by atoms with van der Waals surface area (Å²) < 4.78 is 5.24. The van der Waals surface area contributed by atoms with E-state index in [9.17, 15) is 4.79 Å². The van der Waals surface area contributed by atoms with Crippen LogP contribution in [0.2, 0.25) is 0 Å². The summed E-state index contributed by atoms with van der Waals surface area (Å²) in [5.74, 6) is 0.285. The molecule has 0 atom stereocenters. The van der Waals surface area contributed by atoms with Crippen molar-refractivity contribution in [3.63, 3.8) is 0 Å². The van der Waals surface area contributed by atoms with Gasteiger partial charge in [-0.1, -0.05) is 0 Å². The zero-order valence-corrected chi connectivity index (χ0v) is 11.4. The average molecular weight is 242 g/mol. The Morgan fingerprint density at radius 2 is 1.88 bits per heavy atom. The number of amides is 1. The van der Waals surface area contributed by atoms with Gasteiger partial charge in [0.2, 0.25) is 5.91 Å². The lowest BCUT2D eigenvalue weighted by atomic mass is 10.2. The monoisotopic (exact) mass is 242 g/mol. The van der Waals surface area contributed by atoms with E-state index in [4.69, 9.17) is 4.74 Å². The molecule has 1 amide bonds. The van der Waals surface area contributed by atoms with Crippen LogP contribution in [0.15, 0.2) is 0 Å². The van der Waals surface area contributed by atoms with Crippen molar-refractivity contribution in [1.82, 2.24) is 9.80 Å². The van der Waals surface area contributed by atoms with Gasteiger partial charge in [-0.15, -0.1) is 0 Å². The van der Waals surface area contributed by atoms with Crippen molar-refractivity contribution >= 4 is 5.91 Å². The second-order valence-electron chi connectivity index (χ2n) is 4.81. The molecule has 17 heavy (non-hydrogen) atoms. The van der Waals surface area contributed by atoms with Gasteiger partial charge in [0.05, 0.1) is 0 Å². The minimum atomic E-state index is 0.285. The summed E-state index contributed by atoms with van der Waals surface area (Å²) >= 11 is 0. The van der Waals surface area contributed by atoms with Crippen molar-refractivity contribution in [3.8, 4) is 0 Å². The van der Waals surface area contributed by atoms with Crippen molar-refractivity contribution in [2.45, 2.75) is 39.7 Å². The molecule has 1 aliphatic rings. The van der Waals surface area contributed by atoms with Crippen LogP contribution in [0.1, 0.15) is 33.6 Å². The second-order valence-corrected chi connectivity index (χ2v) is 4.81. The molecular formula is C13H26N2O2. The molecule has 1 heterocycles. The summed E-state index contributed by atoms with van der Waals surface area (Å²) in [5, 5.41) is 0. The number of hydrogen-bond donors (Lipinski definition) is 0. The molecule has 0 aliphatic carbocycles. The summed E-state index contributed by atoms with van der Waals surface area (Å²) in [5.41, 5.74) is 0. The Labute approximate surface area is 105 Å². The van der Waals surface area contributed by atoms with Crippen molar-refractivity contribution in [1.29, 1.82) is 0 Å². The van der Waals surface area contributed by atoms with Crippen LogP contribution < -0.4 is 0 Å². The van der Waals surface area contributed by atoms with Gasteiger partial charge >= 0.3 is 0 Å². The molecule has 0 N–H and O–H groups in total. The van der Waals surface area contributed by atoms with Gasteiger partial charge in [0, 0.05) is 51.9 Å². The van der Waals surface area contributed by atoms with E-state index in [-0.39, 0.29) is 5.91 Å². The van der Waals surface area contributed by atoms with Gasteiger partial charge in [-0.3, -0.25) is 9.69 Å². The Hall–Kier alpha value is -0.610. The SMILES string of the molecule is CCOCCCC(=O)N1CCN(C(C)C)CC1. The third kappa shape index (κ3) is 5.04. The quantitative estimate of drug-likeness (QED) is 0.659. The Bertz CT molecular complexity index is 223. The van der Waals surface area contributed by atoms with Crippen LogP contribution in [-0.4, -0.2) is 61.1 Å². The van der Waals surface area contributed by atoms with Crippen molar-refractivity contribution in [2.24, 2.45) is 0 Å². The fourth-order valence-electron chi connectivity index (χ4n) is 2.12. The largest absolute Gasteiger partial charge is 0.382 e. The number of ether oxygens (including phenoxy) is 1. The first-order valence-electron chi connectivity index (χ1n) is 6.74. The Balaban J connectivity index is 2.17. The molecule has 1 aliphatic heterocycles. The van der Waals surface area contributed by atoms with Crippen LogP contribution in [-0.2, 0) is 9.53 Å². The van der Waals surface area contributed by atoms with Crippen LogP contribution in [0.3, 0.4) is 0 Å². The van der Waals surface area contributed by atoms with E-state index in [2.05, 4.69) is 18.7 Å². The number of hydrogen-bond acceptors (Lipinski definition) is 3. The van der Waals surface area contributed by atoms with E-state index >= 15 is 0 Å². The molecular weight excluding hydrogens is 216 g/mol. The van der Waals surface area contributed by atoms with E-state index in [1.54, 1.807) is 0 Å². The highest BCUT2D eigenvalue weighted by atomic mass is 16.5. The summed E-state index contributed by atoms with van der Waals surface area (Å²) in [6.45, 7) is 11.6. The van der Waals surface area contributed by atoms with Crippen LogP contribution in [0.5, 0.6) is 0 Å². The zero-order chi connectivity index (χ0) is 12.7. The molecule has 0 aromatic rings. The molecule has 1 fully saturated rings. The highest BCUT2D eigenvalue weighted by Crippen LogP contribution is 2.08. The third-order valence-corrected chi connectivity index (χ3v) is 3.28. The van der Waals surface area contributed by atoms with E-state index in [0.717, 1.165) is 39.2 Å². The van der Waals surface area contributed by atoms with Crippen LogP contribution in [0.4, 0.5) is 0 Å². The Kier molecular flexibility index (Phi) is 6.52. The number of piperazine rings is 1. The van der Waals surface area contributed by atoms with Crippen molar-refractivity contribution in [2.75, 3.05) is 39.4 Å². The highest BCUT2D eigenvalue weighted by molar-refractivity contribution is 5.76. The van der Waals surface area contributed by atoms with E-state index in [1.807, 2.05) is 11.8 Å². The number of rotatable bonds is 6. The second kappa shape index (κ2) is 7.67. The summed E-state index contributed by atoms with van der Waals surface area (Å²) in [6, 6.07) is 0.588. The molecule has 100 valence electrons. The van der Waals surface area contributed by atoms with Crippen LogP contribution >= 0.6 is 0 Å². The lowest BCUT2D eigenvalue weighted by molar-refractivity contribution is -0.133. The van der Waals surface area contributed by atoms with Gasteiger partial charge in [-0.25, -0.2) is 0 Å². The van der Waals surface area contributed by atoms with Gasteiger partial charge in [0.1, 0.15) is 0 Å². The molecule has 4 nitrogen and oxygen atoms in total. The summed E-state index contributed by atoms with van der Waals surface area (Å²) in [7, 11) is 0. The Morgan fingerprint density at radius 3 is 2.41 bits per heavy atom. The fraction of sp³-hybridized carbons (Fsp3) is 0.923. The van der Waals surface area contributed by atoms with Gasteiger partial charge in [0.25, 0.3) is 0 Å². The predicted octanol–water partition coefficient (Wildman–Crippen LogP) is 1.36. The molecule has 4 heteroatoms. The normalized spacial score (nSPS) is 17.8. The summed E-state index contributed by atoms with van der Waals surface area (Å²) in [4.78, 5) is 16.3. The number of carbonyl (C=O) groups excluding carboxylic acids is 1. The van der Waals surface area contributed by atoms with Crippen molar-refractivity contribution in [3.05, 3.63) is 0 Å². The topological polar surface area (TPSA) is 32.8 Å².